The van der Waals surface area contributed by atoms with E-state index < -0.39 is 0 Å². The maximum absolute atomic E-state index is 12.1. The molecule has 2 aliphatic rings. The maximum Gasteiger partial charge on any atom is 0.223 e. The van der Waals surface area contributed by atoms with Crippen molar-refractivity contribution in [1.82, 2.24) is 14.8 Å². The molecule has 0 N–H and O–H groups in total. The van der Waals surface area contributed by atoms with E-state index in [-0.39, 0.29) is 16.8 Å². The standard InChI is InChI=1S/C16H23N3O2S/c1-18(2)8-6-15(20)19-11-16(12-19)9-13(10-22-16)21-14-5-3-4-7-17-14/h3-5,7,13H,6,8-12H2,1-2H3/t13-/m0/s1. The molecule has 1 amide bonds. The van der Waals surface area contributed by atoms with Crippen LogP contribution in [0.3, 0.4) is 0 Å². The van der Waals surface area contributed by atoms with Gasteiger partial charge in [0.05, 0.1) is 4.75 Å². The Labute approximate surface area is 136 Å². The molecule has 1 atom stereocenters. The minimum atomic E-state index is 0.207. The molecule has 2 aliphatic heterocycles. The predicted octanol–water partition coefficient (Wildman–Crippen LogP) is 1.50. The molecule has 1 spiro atoms. The average Bonchev–Trinajstić information content (AvgIpc) is 2.88. The number of ether oxygens (including phenoxy) is 1. The summed E-state index contributed by atoms with van der Waals surface area (Å²) in [6.07, 6.45) is 3.58. The van der Waals surface area contributed by atoms with Crippen LogP contribution in [0.15, 0.2) is 24.4 Å². The number of amides is 1. The van der Waals surface area contributed by atoms with Crippen molar-refractivity contribution in [2.45, 2.75) is 23.7 Å². The van der Waals surface area contributed by atoms with Gasteiger partial charge in [0.2, 0.25) is 11.8 Å². The zero-order chi connectivity index (χ0) is 15.6. The molecular formula is C16H23N3O2S. The first kappa shape index (κ1) is 15.6. The Hall–Kier alpha value is -1.27. The summed E-state index contributed by atoms with van der Waals surface area (Å²) in [7, 11) is 3.99. The van der Waals surface area contributed by atoms with Crippen LogP contribution in [0.5, 0.6) is 5.88 Å². The van der Waals surface area contributed by atoms with E-state index in [1.54, 1.807) is 6.20 Å². The first-order valence-electron chi connectivity index (χ1n) is 7.70. The van der Waals surface area contributed by atoms with Crippen molar-refractivity contribution in [2.24, 2.45) is 0 Å². The molecule has 2 fully saturated rings. The van der Waals surface area contributed by atoms with Crippen LogP contribution in [0.25, 0.3) is 0 Å². The summed E-state index contributed by atoms with van der Waals surface area (Å²) in [4.78, 5) is 20.3. The molecule has 0 unspecified atom stereocenters. The number of aromatic nitrogens is 1. The van der Waals surface area contributed by atoms with Gasteiger partial charge >= 0.3 is 0 Å². The summed E-state index contributed by atoms with van der Waals surface area (Å²) in [5.41, 5.74) is 0. The van der Waals surface area contributed by atoms with E-state index in [1.165, 1.54) is 0 Å². The van der Waals surface area contributed by atoms with Crippen molar-refractivity contribution >= 4 is 17.7 Å². The van der Waals surface area contributed by atoms with Gasteiger partial charge in [0, 0.05) is 50.5 Å². The lowest BCUT2D eigenvalue weighted by Gasteiger charge is -2.47. The Kier molecular flexibility index (Phi) is 4.59. The number of rotatable bonds is 5. The number of carbonyl (C=O) groups excluding carboxylic acids is 1. The van der Waals surface area contributed by atoms with Gasteiger partial charge in [-0.1, -0.05) is 6.07 Å². The van der Waals surface area contributed by atoms with Crippen molar-refractivity contribution in [3.63, 3.8) is 0 Å². The molecule has 0 radical (unpaired) electrons. The highest BCUT2D eigenvalue weighted by molar-refractivity contribution is 8.01. The van der Waals surface area contributed by atoms with Crippen LogP contribution < -0.4 is 4.74 Å². The monoisotopic (exact) mass is 321 g/mol. The first-order valence-corrected chi connectivity index (χ1v) is 8.69. The number of carbonyl (C=O) groups is 1. The molecule has 0 bridgehead atoms. The summed E-state index contributed by atoms with van der Waals surface area (Å²) < 4.78 is 6.15. The van der Waals surface area contributed by atoms with Gasteiger partial charge in [-0.05, 0) is 20.2 Å². The van der Waals surface area contributed by atoms with E-state index in [0.717, 1.165) is 31.8 Å². The summed E-state index contributed by atoms with van der Waals surface area (Å²) in [5, 5.41) is 0. The molecule has 0 aromatic carbocycles. The largest absolute Gasteiger partial charge is 0.473 e. The third-order valence-electron chi connectivity index (χ3n) is 4.18. The van der Waals surface area contributed by atoms with E-state index in [0.29, 0.717) is 12.3 Å². The number of thioether (sulfide) groups is 1. The first-order chi connectivity index (χ1) is 10.6. The van der Waals surface area contributed by atoms with Gasteiger partial charge in [0.15, 0.2) is 0 Å². The molecule has 0 aliphatic carbocycles. The van der Waals surface area contributed by atoms with Gasteiger partial charge in [0.1, 0.15) is 6.10 Å². The Balaban J connectivity index is 1.45. The van der Waals surface area contributed by atoms with Gasteiger partial charge in [-0.15, -0.1) is 11.8 Å². The molecule has 120 valence electrons. The van der Waals surface area contributed by atoms with Crippen molar-refractivity contribution < 1.29 is 9.53 Å². The summed E-state index contributed by atoms with van der Waals surface area (Å²) >= 11 is 1.95. The summed E-state index contributed by atoms with van der Waals surface area (Å²) in [5.74, 6) is 1.95. The fraction of sp³-hybridized carbons (Fsp3) is 0.625. The molecule has 1 aromatic heterocycles. The van der Waals surface area contributed by atoms with E-state index in [4.69, 9.17) is 4.74 Å². The molecule has 22 heavy (non-hydrogen) atoms. The van der Waals surface area contributed by atoms with Gasteiger partial charge in [-0.3, -0.25) is 4.79 Å². The lowest BCUT2D eigenvalue weighted by atomic mass is 9.92. The van der Waals surface area contributed by atoms with Crippen LogP contribution in [0.1, 0.15) is 12.8 Å². The predicted molar refractivity (Wildman–Crippen MR) is 88.2 cm³/mol. The lowest BCUT2D eigenvalue weighted by Crippen LogP contribution is -2.61. The van der Waals surface area contributed by atoms with Crippen LogP contribution in [-0.2, 0) is 4.79 Å². The SMILES string of the molecule is CN(C)CCC(=O)N1CC2(C[C@H](Oc3ccccn3)CS2)C1. The second kappa shape index (κ2) is 6.46. The van der Waals surface area contributed by atoms with E-state index >= 15 is 0 Å². The highest BCUT2D eigenvalue weighted by atomic mass is 32.2. The fourth-order valence-electron chi connectivity index (χ4n) is 2.99. The average molecular weight is 321 g/mol. The zero-order valence-electron chi connectivity index (χ0n) is 13.2. The van der Waals surface area contributed by atoms with Crippen LogP contribution in [0.4, 0.5) is 0 Å². The minimum absolute atomic E-state index is 0.207. The second-order valence-electron chi connectivity index (χ2n) is 6.41. The van der Waals surface area contributed by atoms with Gasteiger partial charge in [-0.2, -0.15) is 0 Å². The van der Waals surface area contributed by atoms with Gasteiger partial charge in [0.25, 0.3) is 0 Å². The van der Waals surface area contributed by atoms with Crippen LogP contribution in [0, 0.1) is 0 Å². The number of pyridine rings is 1. The highest BCUT2D eigenvalue weighted by Gasteiger charge is 2.51. The van der Waals surface area contributed by atoms with Crippen molar-refractivity contribution in [2.75, 3.05) is 39.5 Å². The molecule has 2 saturated heterocycles. The van der Waals surface area contributed by atoms with E-state index in [1.807, 2.05) is 49.0 Å². The molecule has 5 nitrogen and oxygen atoms in total. The Bertz CT molecular complexity index is 517. The third-order valence-corrected chi connectivity index (χ3v) is 5.76. The molecule has 0 saturated carbocycles. The molecule has 3 heterocycles. The quantitative estimate of drug-likeness (QED) is 0.822. The van der Waals surface area contributed by atoms with Crippen LogP contribution >= 0.6 is 11.8 Å². The fourth-order valence-corrected chi connectivity index (χ4v) is 4.51. The van der Waals surface area contributed by atoms with E-state index in [2.05, 4.69) is 9.88 Å². The summed E-state index contributed by atoms with van der Waals surface area (Å²) in [6, 6.07) is 5.73. The lowest BCUT2D eigenvalue weighted by molar-refractivity contribution is -0.136. The van der Waals surface area contributed by atoms with Gasteiger partial charge < -0.3 is 14.5 Å². The Morgan fingerprint density at radius 1 is 1.50 bits per heavy atom. The van der Waals surface area contributed by atoms with Crippen molar-refractivity contribution in [3.05, 3.63) is 24.4 Å². The molecule has 6 heteroatoms. The number of nitrogens with zero attached hydrogens (tertiary/aromatic N) is 3. The highest BCUT2D eigenvalue weighted by Crippen LogP contribution is 2.46. The third kappa shape index (κ3) is 3.55. The Morgan fingerprint density at radius 2 is 2.32 bits per heavy atom. The molecule has 3 rings (SSSR count). The zero-order valence-corrected chi connectivity index (χ0v) is 14.0. The number of hydrogen-bond donors (Lipinski definition) is 0. The molecular weight excluding hydrogens is 298 g/mol. The Morgan fingerprint density at radius 3 is 3.00 bits per heavy atom. The topological polar surface area (TPSA) is 45.7 Å². The van der Waals surface area contributed by atoms with Gasteiger partial charge in [-0.25, -0.2) is 4.98 Å². The minimum Gasteiger partial charge on any atom is -0.473 e. The van der Waals surface area contributed by atoms with Crippen LogP contribution in [-0.4, -0.2) is 71.0 Å². The van der Waals surface area contributed by atoms with Crippen LogP contribution in [0.2, 0.25) is 0 Å². The second-order valence-corrected chi connectivity index (χ2v) is 7.90. The number of likely N-dealkylation sites (tertiary alicyclic amines) is 1. The molecule has 1 aromatic rings. The summed E-state index contributed by atoms with van der Waals surface area (Å²) in [6.45, 7) is 2.55. The van der Waals surface area contributed by atoms with E-state index in [9.17, 15) is 4.79 Å². The van der Waals surface area contributed by atoms with Crippen molar-refractivity contribution in [1.29, 1.82) is 0 Å². The number of hydrogen-bond acceptors (Lipinski definition) is 5. The smallest absolute Gasteiger partial charge is 0.223 e. The van der Waals surface area contributed by atoms with Crippen molar-refractivity contribution in [3.8, 4) is 5.88 Å². The maximum atomic E-state index is 12.1. The normalized spacial score (nSPS) is 22.9.